The van der Waals surface area contributed by atoms with Crippen LogP contribution in [0.3, 0.4) is 0 Å². The molecule has 3 rings (SSSR count). The molecule has 2 aromatic rings. The van der Waals surface area contributed by atoms with Crippen molar-refractivity contribution in [3.8, 4) is 0 Å². The van der Waals surface area contributed by atoms with Crippen LogP contribution in [0, 0.1) is 0 Å². The molecule has 1 aliphatic carbocycles. The average Bonchev–Trinajstić information content (AvgIpc) is 3.35. The Morgan fingerprint density at radius 3 is 2.00 bits per heavy atom. The first-order chi connectivity index (χ1) is 20.1. The number of carbonyl (C=O) groups excluding carboxylic acids is 1. The van der Waals surface area contributed by atoms with Crippen molar-refractivity contribution in [2.24, 2.45) is 0 Å². The van der Waals surface area contributed by atoms with E-state index in [0.717, 1.165) is 45.3 Å². The van der Waals surface area contributed by atoms with Gasteiger partial charge in [-0.15, -0.1) is 0 Å². The van der Waals surface area contributed by atoms with E-state index >= 15 is 0 Å². The summed E-state index contributed by atoms with van der Waals surface area (Å²) in [6, 6.07) is 20.9. The molecule has 0 saturated heterocycles. The predicted octanol–water partition coefficient (Wildman–Crippen LogP) is 7.34. The maximum absolute atomic E-state index is 11.7. The Morgan fingerprint density at radius 1 is 0.756 bits per heavy atom. The molecular formula is C35H53NO5. The normalized spacial score (nSPS) is 20.5. The maximum Gasteiger partial charge on any atom is 0.305 e. The van der Waals surface area contributed by atoms with Crippen molar-refractivity contribution < 1.29 is 23.7 Å². The van der Waals surface area contributed by atoms with Gasteiger partial charge >= 0.3 is 5.97 Å². The zero-order chi connectivity index (χ0) is 29.1. The van der Waals surface area contributed by atoms with Gasteiger partial charge in [-0.3, -0.25) is 9.69 Å². The Bertz CT molecular complexity index is 940. The number of hydrogen-bond donors (Lipinski definition) is 0. The highest BCUT2D eigenvalue weighted by Crippen LogP contribution is 2.33. The highest BCUT2D eigenvalue weighted by Gasteiger charge is 2.47. The molecule has 0 aliphatic heterocycles. The molecule has 4 atom stereocenters. The Kier molecular flexibility index (Phi) is 16.1. The van der Waals surface area contributed by atoms with Crippen LogP contribution in [0.25, 0.3) is 0 Å². The second-order valence-electron chi connectivity index (χ2n) is 11.2. The Labute approximate surface area is 248 Å². The van der Waals surface area contributed by atoms with E-state index in [4.69, 9.17) is 18.9 Å². The second kappa shape index (κ2) is 19.8. The zero-order valence-electron chi connectivity index (χ0n) is 25.7. The minimum atomic E-state index is -0.100. The van der Waals surface area contributed by atoms with Crippen molar-refractivity contribution in [2.45, 2.75) is 116 Å². The number of carbonyl (C=O) groups is 1. The molecule has 6 heteroatoms. The second-order valence-corrected chi connectivity index (χ2v) is 11.2. The van der Waals surface area contributed by atoms with Gasteiger partial charge < -0.3 is 18.9 Å². The van der Waals surface area contributed by atoms with Crippen LogP contribution in [-0.2, 0) is 37.0 Å². The van der Waals surface area contributed by atoms with Crippen LogP contribution in [0.2, 0.25) is 0 Å². The molecule has 0 amide bonds. The summed E-state index contributed by atoms with van der Waals surface area (Å²) in [6.45, 7) is 7.35. The molecule has 2 aromatic carbocycles. The van der Waals surface area contributed by atoms with E-state index in [2.05, 4.69) is 67.4 Å². The summed E-state index contributed by atoms with van der Waals surface area (Å²) in [5.41, 5.74) is 2.35. The Balaban J connectivity index is 1.66. The smallest absolute Gasteiger partial charge is 0.305 e. The van der Waals surface area contributed by atoms with Gasteiger partial charge in [0.25, 0.3) is 0 Å². The molecule has 1 aliphatic rings. The lowest BCUT2D eigenvalue weighted by molar-refractivity contribution is -0.143. The number of hydrogen-bond acceptors (Lipinski definition) is 6. The van der Waals surface area contributed by atoms with Gasteiger partial charge in [0.15, 0.2) is 0 Å². The first-order valence-electron chi connectivity index (χ1n) is 15.9. The summed E-state index contributed by atoms with van der Waals surface area (Å²) in [4.78, 5) is 14.1. The molecule has 0 bridgehead atoms. The van der Waals surface area contributed by atoms with Gasteiger partial charge in [-0.25, -0.2) is 0 Å². The predicted molar refractivity (Wildman–Crippen MR) is 165 cm³/mol. The van der Waals surface area contributed by atoms with Crippen LogP contribution >= 0.6 is 0 Å². The molecule has 0 heterocycles. The summed E-state index contributed by atoms with van der Waals surface area (Å²) >= 11 is 0. The van der Waals surface area contributed by atoms with E-state index in [0.29, 0.717) is 26.2 Å². The molecule has 0 aromatic heterocycles. The fourth-order valence-corrected chi connectivity index (χ4v) is 5.67. The van der Waals surface area contributed by atoms with E-state index in [-0.39, 0.29) is 30.3 Å². The van der Waals surface area contributed by atoms with Crippen LogP contribution in [0.4, 0.5) is 0 Å². The lowest BCUT2D eigenvalue weighted by Crippen LogP contribution is -2.48. The third-order valence-electron chi connectivity index (χ3n) is 7.93. The van der Waals surface area contributed by atoms with E-state index in [1.54, 1.807) is 0 Å². The van der Waals surface area contributed by atoms with Crippen LogP contribution < -0.4 is 0 Å². The van der Waals surface area contributed by atoms with Crippen molar-refractivity contribution in [3.05, 3.63) is 71.8 Å². The lowest BCUT2D eigenvalue weighted by atomic mass is 10.1. The fraction of sp³-hybridized carbons (Fsp3) is 0.629. The van der Waals surface area contributed by atoms with Crippen molar-refractivity contribution in [2.75, 3.05) is 26.8 Å². The van der Waals surface area contributed by atoms with Gasteiger partial charge in [-0.2, -0.15) is 0 Å². The van der Waals surface area contributed by atoms with E-state index in [1.807, 2.05) is 19.1 Å². The number of rotatable bonds is 21. The Morgan fingerprint density at radius 2 is 1.37 bits per heavy atom. The van der Waals surface area contributed by atoms with Crippen molar-refractivity contribution in [1.29, 1.82) is 0 Å². The van der Waals surface area contributed by atoms with Crippen LogP contribution in [0.1, 0.15) is 89.2 Å². The number of nitrogens with zero attached hydrogens (tertiary/aromatic N) is 1. The monoisotopic (exact) mass is 567 g/mol. The van der Waals surface area contributed by atoms with Gasteiger partial charge in [0.1, 0.15) is 6.10 Å². The van der Waals surface area contributed by atoms with Gasteiger partial charge in [0, 0.05) is 19.4 Å². The van der Waals surface area contributed by atoms with Crippen LogP contribution in [0.15, 0.2) is 60.7 Å². The highest BCUT2D eigenvalue weighted by atomic mass is 16.6. The van der Waals surface area contributed by atoms with E-state index < -0.39 is 0 Å². The maximum atomic E-state index is 11.7. The first-order valence-corrected chi connectivity index (χ1v) is 15.9. The molecule has 1 fully saturated rings. The molecule has 0 radical (unpaired) electrons. The number of unbranched alkanes of at least 4 members (excludes halogenated alkanes) is 6. The van der Waals surface area contributed by atoms with Crippen LogP contribution in [0.5, 0.6) is 0 Å². The topological polar surface area (TPSA) is 57.2 Å². The number of esters is 1. The third-order valence-corrected chi connectivity index (χ3v) is 7.93. The molecule has 0 unspecified atom stereocenters. The summed E-state index contributed by atoms with van der Waals surface area (Å²) in [5, 5.41) is 0. The van der Waals surface area contributed by atoms with E-state index in [9.17, 15) is 4.79 Å². The molecule has 1 saturated carbocycles. The van der Waals surface area contributed by atoms with Crippen molar-refractivity contribution in [1.82, 2.24) is 4.90 Å². The van der Waals surface area contributed by atoms with Gasteiger partial charge in [0.2, 0.25) is 0 Å². The quantitative estimate of drug-likeness (QED) is 0.116. The number of likely N-dealkylation sites (N-methyl/N-ethyl adjacent to an activating group) is 1. The van der Waals surface area contributed by atoms with Gasteiger partial charge in [0.05, 0.1) is 38.1 Å². The SMILES string of the molecule is CCCCCCCO[C@H]1[C@H](N(C)CCCCCC(=O)OCC)[C@@H](OCc2ccccc2)C[C@H]1OCc1ccccc1. The number of benzene rings is 2. The standard InChI is InChI=1S/C35H53NO5/c1-4-6-7-8-18-25-39-35-32(41-28-30-21-14-10-15-22-30)26-31(40-27-29-19-12-9-13-20-29)34(35)36(3)24-17-11-16-23-33(37)38-5-2/h9-10,12-15,19-22,31-32,34-35H,4-8,11,16-18,23-28H2,1-3H3/t31-,32+,34+,35+/m0/s1. The molecule has 0 N–H and O–H groups in total. The minimum Gasteiger partial charge on any atom is -0.466 e. The fourth-order valence-electron chi connectivity index (χ4n) is 5.67. The summed E-state index contributed by atoms with van der Waals surface area (Å²) in [7, 11) is 2.19. The van der Waals surface area contributed by atoms with Gasteiger partial charge in [-0.1, -0.05) is 99.7 Å². The lowest BCUT2D eigenvalue weighted by Gasteiger charge is -2.34. The minimum absolute atomic E-state index is 0.00519. The van der Waals surface area contributed by atoms with Crippen LogP contribution in [-0.4, -0.2) is 62.0 Å². The molecule has 41 heavy (non-hydrogen) atoms. The zero-order valence-corrected chi connectivity index (χ0v) is 25.7. The molecule has 0 spiro atoms. The number of ether oxygens (including phenoxy) is 4. The molecule has 6 nitrogen and oxygen atoms in total. The van der Waals surface area contributed by atoms with Gasteiger partial charge in [-0.05, 0) is 50.9 Å². The van der Waals surface area contributed by atoms with Crippen molar-refractivity contribution >= 4 is 5.97 Å². The van der Waals surface area contributed by atoms with Crippen molar-refractivity contribution in [3.63, 3.8) is 0 Å². The third kappa shape index (κ3) is 12.3. The molecular weight excluding hydrogens is 514 g/mol. The summed E-state index contributed by atoms with van der Waals surface area (Å²) in [6.07, 6.45) is 10.1. The summed E-state index contributed by atoms with van der Waals surface area (Å²) < 4.78 is 24.9. The molecule has 228 valence electrons. The summed E-state index contributed by atoms with van der Waals surface area (Å²) in [5.74, 6) is -0.100. The first kappa shape index (κ1) is 33.3. The van der Waals surface area contributed by atoms with E-state index in [1.165, 1.54) is 36.8 Å². The largest absolute Gasteiger partial charge is 0.466 e. The highest BCUT2D eigenvalue weighted by molar-refractivity contribution is 5.69. The Hall–Kier alpha value is -2.25. The average molecular weight is 568 g/mol.